The number of ether oxygens (including phenoxy) is 1. The zero-order valence-corrected chi connectivity index (χ0v) is 11.3. The fourth-order valence-corrected chi connectivity index (χ4v) is 2.58. The molecule has 0 unspecified atom stereocenters. The Hall–Kier alpha value is -1.53. The Bertz CT molecular complexity index is 487. The second-order valence-electron chi connectivity index (χ2n) is 5.42. The van der Waals surface area contributed by atoms with Gasteiger partial charge < -0.3 is 10.5 Å². The Morgan fingerprint density at radius 3 is 2.70 bits per heavy atom. The molecule has 1 aliphatic carbocycles. The summed E-state index contributed by atoms with van der Waals surface area (Å²) in [5.41, 5.74) is 5.55. The molecule has 110 valence electrons. The fourth-order valence-electron chi connectivity index (χ4n) is 2.58. The van der Waals surface area contributed by atoms with Crippen LogP contribution in [0, 0.1) is 15.9 Å². The molecule has 0 heterocycles. The first-order chi connectivity index (χ1) is 9.52. The number of nitro benzene ring substituents is 1. The van der Waals surface area contributed by atoms with Crippen LogP contribution in [0.15, 0.2) is 18.2 Å². The largest absolute Gasteiger partial charge is 0.375 e. The molecule has 1 aromatic carbocycles. The summed E-state index contributed by atoms with van der Waals surface area (Å²) < 4.78 is 19.3. The third kappa shape index (κ3) is 3.52. The molecule has 1 aliphatic rings. The van der Waals surface area contributed by atoms with Crippen LogP contribution in [0.2, 0.25) is 0 Å². The van der Waals surface area contributed by atoms with Crippen molar-refractivity contribution in [3.05, 3.63) is 39.7 Å². The van der Waals surface area contributed by atoms with Crippen LogP contribution in [-0.2, 0) is 11.3 Å². The highest BCUT2D eigenvalue weighted by molar-refractivity contribution is 5.36. The van der Waals surface area contributed by atoms with Crippen molar-refractivity contribution < 1.29 is 14.1 Å². The Morgan fingerprint density at radius 1 is 1.35 bits per heavy atom. The summed E-state index contributed by atoms with van der Waals surface area (Å²) in [7, 11) is 0. The van der Waals surface area contributed by atoms with Gasteiger partial charge in [0.1, 0.15) is 0 Å². The van der Waals surface area contributed by atoms with Crippen LogP contribution in [0.25, 0.3) is 0 Å². The van der Waals surface area contributed by atoms with Gasteiger partial charge in [0, 0.05) is 17.2 Å². The average Bonchev–Trinajstić information content (AvgIpc) is 2.41. The van der Waals surface area contributed by atoms with Crippen molar-refractivity contribution in [1.29, 1.82) is 0 Å². The lowest BCUT2D eigenvalue weighted by Gasteiger charge is -2.33. The minimum absolute atomic E-state index is 0.00641. The van der Waals surface area contributed by atoms with Gasteiger partial charge in [-0.2, -0.15) is 4.39 Å². The van der Waals surface area contributed by atoms with Crippen molar-refractivity contribution in [2.75, 3.05) is 6.61 Å². The molecule has 0 saturated heterocycles. The predicted molar refractivity (Wildman–Crippen MR) is 72.7 cm³/mol. The second-order valence-corrected chi connectivity index (χ2v) is 5.42. The Balaban J connectivity index is 1.94. The Morgan fingerprint density at radius 2 is 2.05 bits per heavy atom. The summed E-state index contributed by atoms with van der Waals surface area (Å²) in [5.74, 6) is -0.827. The molecule has 1 aromatic rings. The van der Waals surface area contributed by atoms with Crippen molar-refractivity contribution in [1.82, 2.24) is 0 Å². The van der Waals surface area contributed by atoms with Gasteiger partial charge in [-0.25, -0.2) is 0 Å². The molecular weight excluding hydrogens is 263 g/mol. The van der Waals surface area contributed by atoms with Crippen LogP contribution < -0.4 is 5.73 Å². The van der Waals surface area contributed by atoms with Gasteiger partial charge >= 0.3 is 5.69 Å². The number of benzene rings is 1. The molecule has 5 nitrogen and oxygen atoms in total. The zero-order valence-electron chi connectivity index (χ0n) is 11.3. The molecule has 0 radical (unpaired) electrons. The molecule has 0 amide bonds. The molecule has 0 spiro atoms. The summed E-state index contributed by atoms with van der Waals surface area (Å²) in [6.45, 7) is 0.363. The van der Waals surface area contributed by atoms with Crippen LogP contribution >= 0.6 is 0 Å². The number of hydrogen-bond donors (Lipinski definition) is 1. The van der Waals surface area contributed by atoms with E-state index in [1.807, 2.05) is 0 Å². The van der Waals surface area contributed by atoms with E-state index in [0.717, 1.165) is 31.7 Å². The van der Waals surface area contributed by atoms with Gasteiger partial charge in [-0.3, -0.25) is 10.1 Å². The van der Waals surface area contributed by atoms with E-state index in [1.54, 1.807) is 0 Å². The molecular formula is C14H19FN2O3. The fraction of sp³-hybridized carbons (Fsp3) is 0.571. The molecule has 0 bridgehead atoms. The molecule has 1 fully saturated rings. The van der Waals surface area contributed by atoms with Crippen molar-refractivity contribution >= 4 is 5.69 Å². The molecule has 20 heavy (non-hydrogen) atoms. The Labute approximate surface area is 117 Å². The predicted octanol–water partition coefficient (Wildman–Crippen LogP) is 2.91. The summed E-state index contributed by atoms with van der Waals surface area (Å²) in [6.07, 6.45) is 5.18. The molecule has 0 aromatic heterocycles. The maximum absolute atomic E-state index is 13.8. The van der Waals surface area contributed by atoms with Crippen LogP contribution in [0.3, 0.4) is 0 Å². The van der Waals surface area contributed by atoms with Crippen LogP contribution in [0.1, 0.15) is 37.7 Å². The van der Waals surface area contributed by atoms with E-state index in [1.165, 1.54) is 18.6 Å². The second kappa shape index (κ2) is 6.28. The summed E-state index contributed by atoms with van der Waals surface area (Å²) in [4.78, 5) is 9.92. The molecule has 2 N–H and O–H groups in total. The highest BCUT2D eigenvalue weighted by atomic mass is 19.1. The van der Waals surface area contributed by atoms with E-state index in [-0.39, 0.29) is 17.7 Å². The highest BCUT2D eigenvalue weighted by Gasteiger charge is 2.27. The van der Waals surface area contributed by atoms with Gasteiger partial charge in [0.15, 0.2) is 0 Å². The number of nitro groups is 1. The summed E-state index contributed by atoms with van der Waals surface area (Å²) >= 11 is 0. The van der Waals surface area contributed by atoms with E-state index in [4.69, 9.17) is 10.5 Å². The van der Waals surface area contributed by atoms with E-state index >= 15 is 0 Å². The lowest BCUT2D eigenvalue weighted by Crippen LogP contribution is -2.46. The van der Waals surface area contributed by atoms with E-state index in [2.05, 4.69) is 0 Å². The average molecular weight is 282 g/mol. The molecule has 1 saturated carbocycles. The number of hydrogen-bond acceptors (Lipinski definition) is 4. The van der Waals surface area contributed by atoms with Gasteiger partial charge in [-0.15, -0.1) is 0 Å². The number of nitrogens with zero attached hydrogens (tertiary/aromatic N) is 1. The minimum Gasteiger partial charge on any atom is -0.375 e. The third-order valence-electron chi connectivity index (χ3n) is 3.75. The molecule has 0 aliphatic heterocycles. The van der Waals surface area contributed by atoms with Gasteiger partial charge in [-0.1, -0.05) is 31.4 Å². The standard InChI is InChI=1S/C14H19FN2O3/c15-13-11(5-4-6-12(13)17(18)19)9-20-10-14(16)7-2-1-3-8-14/h4-6H,1-3,7-10,16H2. The molecule has 0 atom stereocenters. The smallest absolute Gasteiger partial charge is 0.305 e. The zero-order chi connectivity index (χ0) is 14.6. The minimum atomic E-state index is -0.827. The van der Waals surface area contributed by atoms with E-state index < -0.39 is 16.4 Å². The summed E-state index contributed by atoms with van der Waals surface area (Å²) in [5, 5.41) is 10.7. The van der Waals surface area contributed by atoms with Crippen molar-refractivity contribution in [3.8, 4) is 0 Å². The van der Waals surface area contributed by atoms with Crippen molar-refractivity contribution in [2.24, 2.45) is 5.73 Å². The lowest BCUT2D eigenvalue weighted by atomic mass is 9.83. The first-order valence-electron chi connectivity index (χ1n) is 6.80. The maximum Gasteiger partial charge on any atom is 0.305 e. The van der Waals surface area contributed by atoms with Gasteiger partial charge in [0.25, 0.3) is 0 Å². The van der Waals surface area contributed by atoms with E-state index in [0.29, 0.717) is 6.61 Å². The highest BCUT2D eigenvalue weighted by Crippen LogP contribution is 2.27. The van der Waals surface area contributed by atoms with Gasteiger partial charge in [0.2, 0.25) is 5.82 Å². The van der Waals surface area contributed by atoms with Crippen molar-refractivity contribution in [3.63, 3.8) is 0 Å². The number of nitrogens with two attached hydrogens (primary N) is 1. The first kappa shape index (κ1) is 14.9. The van der Waals surface area contributed by atoms with Crippen LogP contribution in [-0.4, -0.2) is 17.1 Å². The summed E-state index contributed by atoms with van der Waals surface area (Å²) in [6, 6.07) is 4.09. The number of rotatable bonds is 5. The molecule has 2 rings (SSSR count). The van der Waals surface area contributed by atoms with Crippen molar-refractivity contribution in [2.45, 2.75) is 44.2 Å². The maximum atomic E-state index is 13.8. The third-order valence-corrected chi connectivity index (χ3v) is 3.75. The lowest BCUT2D eigenvalue weighted by molar-refractivity contribution is -0.387. The SMILES string of the molecule is NC1(COCc2cccc([N+](=O)[O-])c2F)CCCCC1. The normalized spacial score (nSPS) is 17.9. The first-order valence-corrected chi connectivity index (χ1v) is 6.80. The van der Waals surface area contributed by atoms with Gasteiger partial charge in [-0.05, 0) is 12.8 Å². The molecule has 6 heteroatoms. The number of halogens is 1. The quantitative estimate of drug-likeness (QED) is 0.665. The van der Waals surface area contributed by atoms with Crippen LogP contribution in [0.4, 0.5) is 10.1 Å². The monoisotopic (exact) mass is 282 g/mol. The topological polar surface area (TPSA) is 78.4 Å². The van der Waals surface area contributed by atoms with Crippen LogP contribution in [0.5, 0.6) is 0 Å². The van der Waals surface area contributed by atoms with E-state index in [9.17, 15) is 14.5 Å². The Kier molecular flexibility index (Phi) is 4.67. The van der Waals surface area contributed by atoms with Gasteiger partial charge in [0.05, 0.1) is 18.1 Å².